The summed E-state index contributed by atoms with van der Waals surface area (Å²) in [5.74, 6) is 1.43. The quantitative estimate of drug-likeness (QED) is 0.932. The van der Waals surface area contributed by atoms with Gasteiger partial charge in [-0.25, -0.2) is 9.37 Å². The molecule has 0 atom stereocenters. The van der Waals surface area contributed by atoms with Crippen molar-refractivity contribution in [3.05, 3.63) is 29.8 Å². The van der Waals surface area contributed by atoms with Gasteiger partial charge in [-0.2, -0.15) is 0 Å². The Balaban J connectivity index is 2.08. The fraction of sp³-hybridized carbons (Fsp3) is 0.400. The summed E-state index contributed by atoms with van der Waals surface area (Å²) in [5, 5.41) is 0. The van der Waals surface area contributed by atoms with E-state index >= 15 is 0 Å². The molecule has 1 aliphatic carbocycles. The van der Waals surface area contributed by atoms with Gasteiger partial charge in [0.05, 0.1) is 7.11 Å². The zero-order chi connectivity index (χ0) is 14.3. The minimum Gasteiger partial charge on any atom is -0.494 e. The number of aryl methyl sites for hydroxylation is 1. The Bertz CT molecular complexity index is 647. The van der Waals surface area contributed by atoms with E-state index in [1.54, 1.807) is 12.1 Å². The van der Waals surface area contributed by atoms with E-state index in [1.807, 2.05) is 0 Å². The highest BCUT2D eigenvalue weighted by Crippen LogP contribution is 2.41. The minimum atomic E-state index is -0.400. The van der Waals surface area contributed by atoms with Crippen molar-refractivity contribution >= 4 is 5.82 Å². The summed E-state index contributed by atoms with van der Waals surface area (Å²) < 4.78 is 20.9. The van der Waals surface area contributed by atoms with Crippen molar-refractivity contribution in [3.63, 3.8) is 0 Å². The van der Waals surface area contributed by atoms with E-state index in [1.165, 1.54) is 13.2 Å². The van der Waals surface area contributed by atoms with Gasteiger partial charge in [0.15, 0.2) is 11.6 Å². The van der Waals surface area contributed by atoms with Crippen molar-refractivity contribution in [1.82, 2.24) is 9.55 Å². The molecule has 3 rings (SSSR count). The van der Waals surface area contributed by atoms with Crippen LogP contribution in [0.1, 0.15) is 31.6 Å². The number of nitrogen functional groups attached to an aromatic ring is 1. The smallest absolute Gasteiger partial charge is 0.165 e. The van der Waals surface area contributed by atoms with Crippen LogP contribution in [0.15, 0.2) is 18.2 Å². The second kappa shape index (κ2) is 4.81. The van der Waals surface area contributed by atoms with Crippen LogP contribution < -0.4 is 10.5 Å². The molecule has 1 saturated carbocycles. The molecule has 0 saturated heterocycles. The maximum atomic E-state index is 13.8. The van der Waals surface area contributed by atoms with Crippen LogP contribution in [0.5, 0.6) is 5.75 Å². The molecular weight excluding hydrogens is 257 g/mol. The maximum absolute atomic E-state index is 13.8. The molecule has 1 fully saturated rings. The first kappa shape index (κ1) is 13.0. The van der Waals surface area contributed by atoms with Gasteiger partial charge >= 0.3 is 0 Å². The normalized spacial score (nSPS) is 14.6. The third kappa shape index (κ3) is 2.03. The predicted octanol–water partition coefficient (Wildman–Crippen LogP) is 3.18. The molecule has 0 aliphatic heterocycles. The Morgan fingerprint density at radius 3 is 2.75 bits per heavy atom. The van der Waals surface area contributed by atoms with Gasteiger partial charge < -0.3 is 15.0 Å². The summed E-state index contributed by atoms with van der Waals surface area (Å²) in [6, 6.07) is 5.28. The van der Waals surface area contributed by atoms with E-state index in [2.05, 4.69) is 16.5 Å². The zero-order valence-corrected chi connectivity index (χ0v) is 11.7. The average Bonchev–Trinajstić information content (AvgIpc) is 3.22. The maximum Gasteiger partial charge on any atom is 0.165 e. The summed E-state index contributed by atoms with van der Waals surface area (Å²) in [4.78, 5) is 4.59. The molecule has 0 radical (unpaired) electrons. The van der Waals surface area contributed by atoms with Crippen LogP contribution in [-0.2, 0) is 6.42 Å². The molecule has 5 heteroatoms. The fourth-order valence-electron chi connectivity index (χ4n) is 2.51. The van der Waals surface area contributed by atoms with Gasteiger partial charge in [-0.15, -0.1) is 0 Å². The van der Waals surface area contributed by atoms with E-state index < -0.39 is 5.82 Å². The highest BCUT2D eigenvalue weighted by molar-refractivity contribution is 5.72. The lowest BCUT2D eigenvalue weighted by Crippen LogP contribution is -2.04. The molecule has 1 aromatic heterocycles. The SMILES string of the molecule is CCc1nc(-c2ccc(OC)c(F)c2)c(N)n1C1CC1. The number of aromatic nitrogens is 2. The molecule has 20 heavy (non-hydrogen) atoms. The lowest BCUT2D eigenvalue weighted by molar-refractivity contribution is 0.386. The molecule has 1 heterocycles. The lowest BCUT2D eigenvalue weighted by Gasteiger charge is -2.07. The molecule has 106 valence electrons. The monoisotopic (exact) mass is 275 g/mol. The number of hydrogen-bond donors (Lipinski definition) is 1. The van der Waals surface area contributed by atoms with Crippen molar-refractivity contribution in [1.29, 1.82) is 0 Å². The number of imidazole rings is 1. The van der Waals surface area contributed by atoms with E-state index in [-0.39, 0.29) is 5.75 Å². The van der Waals surface area contributed by atoms with Crippen molar-refractivity contribution in [2.45, 2.75) is 32.2 Å². The Hall–Kier alpha value is -2.04. The van der Waals surface area contributed by atoms with Crippen LogP contribution in [0.4, 0.5) is 10.2 Å². The van der Waals surface area contributed by atoms with Crippen molar-refractivity contribution in [2.24, 2.45) is 0 Å². The average molecular weight is 275 g/mol. The molecule has 0 unspecified atom stereocenters. The van der Waals surface area contributed by atoms with Gasteiger partial charge in [-0.05, 0) is 31.0 Å². The summed E-state index contributed by atoms with van der Waals surface area (Å²) in [6.45, 7) is 2.05. The van der Waals surface area contributed by atoms with Gasteiger partial charge in [0.1, 0.15) is 17.3 Å². The van der Waals surface area contributed by atoms with Crippen LogP contribution in [0, 0.1) is 5.82 Å². The standard InChI is InChI=1S/C15H18FN3O/c1-3-13-18-14(15(17)19(13)10-5-6-10)9-4-7-12(20-2)11(16)8-9/h4,7-8,10H,3,5-6,17H2,1-2H3. The Morgan fingerprint density at radius 1 is 1.45 bits per heavy atom. The van der Waals surface area contributed by atoms with Gasteiger partial charge in [-0.3, -0.25) is 0 Å². The van der Waals surface area contributed by atoms with Crippen LogP contribution in [0.3, 0.4) is 0 Å². The van der Waals surface area contributed by atoms with E-state index in [4.69, 9.17) is 10.5 Å². The second-order valence-corrected chi connectivity index (χ2v) is 5.07. The highest BCUT2D eigenvalue weighted by atomic mass is 19.1. The molecule has 4 nitrogen and oxygen atoms in total. The summed E-state index contributed by atoms with van der Waals surface area (Å²) in [5.41, 5.74) is 7.57. The molecule has 2 aromatic rings. The Morgan fingerprint density at radius 2 is 2.20 bits per heavy atom. The minimum absolute atomic E-state index is 0.227. The molecule has 1 aromatic carbocycles. The summed E-state index contributed by atoms with van der Waals surface area (Å²) in [7, 11) is 1.45. The molecule has 2 N–H and O–H groups in total. The highest BCUT2D eigenvalue weighted by Gasteiger charge is 2.29. The lowest BCUT2D eigenvalue weighted by atomic mass is 10.1. The first-order chi connectivity index (χ1) is 9.65. The predicted molar refractivity (Wildman–Crippen MR) is 76.2 cm³/mol. The largest absolute Gasteiger partial charge is 0.494 e. The number of benzene rings is 1. The number of nitrogens with two attached hydrogens (primary N) is 1. The van der Waals surface area contributed by atoms with Crippen LogP contribution in [0.25, 0.3) is 11.3 Å². The van der Waals surface area contributed by atoms with Crippen LogP contribution in [-0.4, -0.2) is 16.7 Å². The molecular formula is C15H18FN3O. The third-order valence-electron chi connectivity index (χ3n) is 3.67. The first-order valence-electron chi connectivity index (χ1n) is 6.86. The number of ether oxygens (including phenoxy) is 1. The summed E-state index contributed by atoms with van der Waals surface area (Å²) in [6.07, 6.45) is 3.10. The number of rotatable bonds is 4. The van der Waals surface area contributed by atoms with Gasteiger partial charge in [0.2, 0.25) is 0 Å². The molecule has 1 aliphatic rings. The molecule has 0 spiro atoms. The second-order valence-electron chi connectivity index (χ2n) is 5.07. The van der Waals surface area contributed by atoms with E-state index in [0.29, 0.717) is 23.1 Å². The topological polar surface area (TPSA) is 53.1 Å². The number of hydrogen-bond acceptors (Lipinski definition) is 3. The molecule has 0 bridgehead atoms. The Kier molecular flexibility index (Phi) is 3.12. The van der Waals surface area contributed by atoms with Crippen LogP contribution >= 0.6 is 0 Å². The van der Waals surface area contributed by atoms with Gasteiger partial charge in [-0.1, -0.05) is 6.92 Å². The summed E-state index contributed by atoms with van der Waals surface area (Å²) >= 11 is 0. The zero-order valence-electron chi connectivity index (χ0n) is 11.7. The van der Waals surface area contributed by atoms with Crippen molar-refractivity contribution in [3.8, 4) is 17.0 Å². The number of nitrogens with zero attached hydrogens (tertiary/aromatic N) is 2. The van der Waals surface area contributed by atoms with Gasteiger partial charge in [0.25, 0.3) is 0 Å². The molecule has 0 amide bonds. The Labute approximate surface area is 117 Å². The number of anilines is 1. The van der Waals surface area contributed by atoms with E-state index in [9.17, 15) is 4.39 Å². The third-order valence-corrected chi connectivity index (χ3v) is 3.67. The van der Waals surface area contributed by atoms with Crippen LogP contribution in [0.2, 0.25) is 0 Å². The van der Waals surface area contributed by atoms with E-state index in [0.717, 1.165) is 25.1 Å². The fourth-order valence-corrected chi connectivity index (χ4v) is 2.51. The number of methoxy groups -OCH3 is 1. The van der Waals surface area contributed by atoms with Crippen molar-refractivity contribution in [2.75, 3.05) is 12.8 Å². The van der Waals surface area contributed by atoms with Gasteiger partial charge in [0, 0.05) is 18.0 Å². The number of halogens is 1. The van der Waals surface area contributed by atoms with Crippen molar-refractivity contribution < 1.29 is 9.13 Å². The first-order valence-corrected chi connectivity index (χ1v) is 6.86.